The molecule has 10 rings (SSSR count). The van der Waals surface area contributed by atoms with Crippen LogP contribution in [0, 0.1) is 69.2 Å². The molecule has 582 valence electrons. The van der Waals surface area contributed by atoms with Gasteiger partial charge in [-0.25, -0.2) is 0 Å². The molecule has 112 heavy (non-hydrogen) atoms. The highest BCUT2D eigenvalue weighted by Crippen LogP contribution is 2.37. The van der Waals surface area contributed by atoms with E-state index in [4.69, 9.17) is 37.9 Å². The molecule has 16 nitrogen and oxygen atoms in total. The number of rotatable bonds is 26. The molecule has 10 aromatic rings. The summed E-state index contributed by atoms with van der Waals surface area (Å²) in [5.41, 5.74) is 20.8. The third-order valence-corrected chi connectivity index (χ3v) is 17.9. The first-order valence-corrected chi connectivity index (χ1v) is 36.0. The van der Waals surface area contributed by atoms with Crippen molar-refractivity contribution in [2.45, 2.75) is 89.1 Å². The maximum Gasteiger partial charge on any atom is 0.193 e. The number of ether oxygens (including phenoxy) is 8. The molecule has 3 N–H and O–H groups in total. The second-order valence-electron chi connectivity index (χ2n) is 26.3. The van der Waals surface area contributed by atoms with Crippen LogP contribution in [-0.2, 0) is 19.8 Å². The van der Waals surface area contributed by atoms with E-state index in [1.54, 1.807) is 125 Å². The Hall–Kier alpha value is -12.5. The molecule has 10 aromatic carbocycles. The van der Waals surface area contributed by atoms with E-state index in [9.17, 15) is 39.3 Å². The summed E-state index contributed by atoms with van der Waals surface area (Å²) in [6.07, 6.45) is 16.8. The molecule has 0 amide bonds. The Balaban J connectivity index is 0.000000219. The third-order valence-electron chi connectivity index (χ3n) is 17.9. The van der Waals surface area contributed by atoms with Crippen LogP contribution in [0.1, 0.15) is 152 Å². The molecule has 0 atom stereocenters. The highest BCUT2D eigenvalue weighted by molar-refractivity contribution is 6.12. The summed E-state index contributed by atoms with van der Waals surface area (Å²) in [6, 6.07) is 54.7. The van der Waals surface area contributed by atoms with Gasteiger partial charge >= 0.3 is 0 Å². The average Bonchev–Trinajstić information content (AvgIpc) is 0.807. The lowest BCUT2D eigenvalue weighted by atomic mass is 10.0. The zero-order valence-electron chi connectivity index (χ0n) is 67.3. The highest BCUT2D eigenvalue weighted by Gasteiger charge is 2.21. The van der Waals surface area contributed by atoms with Gasteiger partial charge in [0.1, 0.15) is 45.6 Å². The van der Waals surface area contributed by atoms with Crippen LogP contribution in [0.4, 0.5) is 0 Å². The van der Waals surface area contributed by atoms with E-state index in [-0.39, 0.29) is 48.7 Å². The topological polar surface area (TPSA) is 220 Å². The zero-order chi connectivity index (χ0) is 82.1. The second kappa shape index (κ2) is 44.3. The number of ketones is 5. The normalized spacial score (nSPS) is 10.8. The van der Waals surface area contributed by atoms with Gasteiger partial charge in [-0.05, 0) is 227 Å². The maximum atomic E-state index is 12.6. The Morgan fingerprint density at radius 1 is 0.286 bits per heavy atom. The number of hydrogen-bond donors (Lipinski definition) is 3. The van der Waals surface area contributed by atoms with E-state index in [0.717, 1.165) is 55.6 Å². The van der Waals surface area contributed by atoms with E-state index in [1.807, 2.05) is 153 Å². The molecule has 0 aromatic heterocycles. The van der Waals surface area contributed by atoms with Gasteiger partial charge in [-0.3, -0.25) is 24.0 Å². The fraction of sp³-hybridized carbons (Fsp3) is 0.219. The fourth-order valence-electron chi connectivity index (χ4n) is 11.9. The molecule has 0 saturated heterocycles. The van der Waals surface area contributed by atoms with Crippen molar-refractivity contribution in [3.05, 3.63) is 334 Å². The Morgan fingerprint density at radius 2 is 0.625 bits per heavy atom. The molecular formula is C96H102O16. The number of carbonyl (C=O) groups is 5. The monoisotopic (exact) mass is 1510 g/mol. The Kier molecular flexibility index (Phi) is 34.9. The van der Waals surface area contributed by atoms with Crippen molar-refractivity contribution in [3.63, 3.8) is 0 Å². The number of benzene rings is 10. The van der Waals surface area contributed by atoms with Gasteiger partial charge in [0.25, 0.3) is 0 Å². The number of aryl methyl sites for hydroxylation is 10. The van der Waals surface area contributed by atoms with Gasteiger partial charge in [-0.1, -0.05) is 173 Å². The molecular weight excluding hydrogens is 1410 g/mol. The first-order valence-electron chi connectivity index (χ1n) is 36.0. The lowest BCUT2D eigenvalue weighted by molar-refractivity contribution is 0.103. The molecule has 0 bridgehead atoms. The molecule has 0 fully saturated rings. The largest absolute Gasteiger partial charge is 0.497 e. The first kappa shape index (κ1) is 88.4. The molecule has 0 radical (unpaired) electrons. The van der Waals surface area contributed by atoms with Gasteiger partial charge in [0.2, 0.25) is 0 Å². The smallest absolute Gasteiger partial charge is 0.193 e. The second-order valence-corrected chi connectivity index (χ2v) is 26.3. The van der Waals surface area contributed by atoms with E-state index in [2.05, 4.69) is 37.3 Å². The average molecular weight is 1510 g/mol. The molecule has 0 unspecified atom stereocenters. The van der Waals surface area contributed by atoms with Crippen LogP contribution in [-0.4, -0.2) is 101 Å². The number of aliphatic hydroxyl groups excluding tert-OH is 3. The summed E-state index contributed by atoms with van der Waals surface area (Å²) in [5.74, 6) is 2.95. The third kappa shape index (κ3) is 25.3. The van der Waals surface area contributed by atoms with Gasteiger partial charge in [-0.15, -0.1) is 0 Å². The van der Waals surface area contributed by atoms with Crippen LogP contribution < -0.4 is 37.9 Å². The summed E-state index contributed by atoms with van der Waals surface area (Å²) < 4.78 is 42.1. The predicted molar refractivity (Wildman–Crippen MR) is 449 cm³/mol. The Bertz CT molecular complexity index is 5030. The number of carbonyl (C=O) groups excluding carboxylic acids is 5. The summed E-state index contributed by atoms with van der Waals surface area (Å²) >= 11 is 0. The van der Waals surface area contributed by atoms with Crippen molar-refractivity contribution >= 4 is 59.3 Å². The Morgan fingerprint density at radius 3 is 0.973 bits per heavy atom. The summed E-state index contributed by atoms with van der Waals surface area (Å²) in [7, 11) is 12.1. The number of methoxy groups -OCH3 is 8. The quantitative estimate of drug-likeness (QED) is 0.0339. The lowest BCUT2D eigenvalue weighted by Crippen LogP contribution is -2.04. The first-order chi connectivity index (χ1) is 53.7. The molecule has 0 aliphatic rings. The predicted octanol–water partition coefficient (Wildman–Crippen LogP) is 19.5. The fourth-order valence-corrected chi connectivity index (χ4v) is 11.9. The van der Waals surface area contributed by atoms with Gasteiger partial charge in [0.05, 0.1) is 87.8 Å². The number of allylic oxidation sites excluding steroid dienone is 5. The molecule has 16 heteroatoms. The van der Waals surface area contributed by atoms with Crippen molar-refractivity contribution in [2.24, 2.45) is 0 Å². The van der Waals surface area contributed by atoms with Crippen molar-refractivity contribution in [1.82, 2.24) is 0 Å². The zero-order valence-corrected chi connectivity index (χ0v) is 67.3. The molecule has 0 aliphatic carbocycles. The van der Waals surface area contributed by atoms with Gasteiger partial charge in [0.15, 0.2) is 40.4 Å². The van der Waals surface area contributed by atoms with Crippen molar-refractivity contribution < 1.29 is 77.2 Å². The highest BCUT2D eigenvalue weighted by atomic mass is 16.5. The molecule has 0 spiro atoms. The number of aliphatic hydroxyl groups is 3. The summed E-state index contributed by atoms with van der Waals surface area (Å²) in [5, 5.41) is 27.9. The maximum absolute atomic E-state index is 12.6. The van der Waals surface area contributed by atoms with Crippen LogP contribution in [0.25, 0.3) is 30.4 Å². The van der Waals surface area contributed by atoms with E-state index < -0.39 is 0 Å². The van der Waals surface area contributed by atoms with Crippen LogP contribution in [0.15, 0.2) is 206 Å². The van der Waals surface area contributed by atoms with Gasteiger partial charge < -0.3 is 53.2 Å². The standard InChI is InChI=1S/2C20H22O4.2C19H20O3.C18H18O2/c1-13-5-6-15(14(2)11-13)8-10-18(22)17-9-7-16(12-21)19(23-3)20(17)24-4;1-13-5-6-16(14(2)9-13)7-8-17(22)20-18(23-3)10-15(12-21)11-19(20)24-4;1-13-8-9-15(14(2)12-13)10-11-16(20)19-17(21-3)6-5-7-18(19)22-4;1-13-4-5-16(14(2)8-13)6-7-19(21)17-9-15(12-20)10-18(11-17)22-3;1-13-8-9-15(14(2)12-13)10-11-17(19)16-6-4-5-7-18(16)20-3/h2*5-11,21H,12H2,1-4H3;5-12H,1-4H3;4-11,20H,12H2,1-3H3;4-12H,1-3H3/b10-8+;8-7+;11-10+;7-6+;11-10+. The summed E-state index contributed by atoms with van der Waals surface area (Å²) in [4.78, 5) is 62.2. The van der Waals surface area contributed by atoms with Crippen LogP contribution in [0.3, 0.4) is 0 Å². The van der Waals surface area contributed by atoms with Crippen molar-refractivity contribution in [3.8, 4) is 46.0 Å². The minimum absolute atomic E-state index is 0.0533. The van der Waals surface area contributed by atoms with Gasteiger partial charge in [0, 0.05) is 11.1 Å². The SMILES string of the molecule is COc1c(CO)ccc(C(=O)/C=C/c2ccc(C)cc2C)c1OC.COc1cc(CO)cc(C(=O)/C=C/c2ccc(C)cc2C)c1.COc1cc(CO)cc(OC)c1C(=O)/C=C/c1ccc(C)cc1C.COc1cccc(OC)c1C(=O)/C=C/c1ccc(C)cc1C.COc1ccccc1C(=O)/C=C/c1ccc(C)cc1C. The number of hydrogen-bond acceptors (Lipinski definition) is 16. The van der Waals surface area contributed by atoms with E-state index >= 15 is 0 Å². The van der Waals surface area contributed by atoms with Crippen molar-refractivity contribution in [1.29, 1.82) is 0 Å². The minimum atomic E-state index is -0.215. The van der Waals surface area contributed by atoms with E-state index in [1.165, 1.54) is 75.5 Å². The molecule has 0 heterocycles. The molecule has 0 saturated carbocycles. The van der Waals surface area contributed by atoms with Crippen LogP contribution >= 0.6 is 0 Å². The van der Waals surface area contributed by atoms with Crippen molar-refractivity contribution in [2.75, 3.05) is 56.9 Å². The van der Waals surface area contributed by atoms with E-state index in [0.29, 0.717) is 90.5 Å². The number of para-hydroxylation sites is 1. The van der Waals surface area contributed by atoms with Crippen LogP contribution in [0.5, 0.6) is 46.0 Å². The minimum Gasteiger partial charge on any atom is -0.497 e. The Labute approximate surface area is 659 Å². The van der Waals surface area contributed by atoms with Gasteiger partial charge in [-0.2, -0.15) is 0 Å². The summed E-state index contributed by atoms with van der Waals surface area (Å²) in [6.45, 7) is 19.8. The van der Waals surface area contributed by atoms with Crippen LogP contribution in [0.2, 0.25) is 0 Å². The lowest BCUT2D eigenvalue weighted by Gasteiger charge is -2.14. The molecule has 0 aliphatic heterocycles.